The summed E-state index contributed by atoms with van der Waals surface area (Å²) in [4.78, 5) is 15.5. The summed E-state index contributed by atoms with van der Waals surface area (Å²) in [5, 5.41) is 1.13. The number of ether oxygens (including phenoxy) is 1. The third-order valence-corrected chi connectivity index (χ3v) is 6.28. The van der Waals surface area contributed by atoms with Crippen molar-refractivity contribution in [3.8, 4) is 0 Å². The molecule has 154 valence electrons. The standard InChI is InChI=1S/C25H28N4O/c1-17(18-9-5-4-6-10-18)29(19-13-14-30-25(2,3)15-19)24-23-22(26-16-27-24)20-11-7-8-12-21(20)28-23/h4-12,16-17,19,28H,13-15H2,1-3H3. The molecule has 2 unspecified atom stereocenters. The topological polar surface area (TPSA) is 54.0 Å². The molecule has 5 rings (SSSR count). The van der Waals surface area contributed by atoms with E-state index in [9.17, 15) is 0 Å². The highest BCUT2D eigenvalue weighted by Gasteiger charge is 2.36. The van der Waals surface area contributed by atoms with Crippen molar-refractivity contribution in [2.75, 3.05) is 11.5 Å². The number of aromatic amines is 1. The Labute approximate surface area is 177 Å². The number of benzene rings is 2. The van der Waals surface area contributed by atoms with Gasteiger partial charge in [-0.3, -0.25) is 0 Å². The summed E-state index contributed by atoms with van der Waals surface area (Å²) in [6, 6.07) is 19.5. The predicted octanol–water partition coefficient (Wildman–Crippen LogP) is 5.64. The Morgan fingerprint density at radius 3 is 2.63 bits per heavy atom. The summed E-state index contributed by atoms with van der Waals surface area (Å²) in [5.41, 5.74) is 4.21. The third kappa shape index (κ3) is 3.33. The predicted molar refractivity (Wildman–Crippen MR) is 122 cm³/mol. The van der Waals surface area contributed by atoms with Gasteiger partial charge in [-0.05, 0) is 45.2 Å². The van der Waals surface area contributed by atoms with Gasteiger partial charge in [0.2, 0.25) is 0 Å². The van der Waals surface area contributed by atoms with Gasteiger partial charge in [-0.25, -0.2) is 9.97 Å². The maximum Gasteiger partial charge on any atom is 0.157 e. The second-order valence-corrected chi connectivity index (χ2v) is 8.84. The van der Waals surface area contributed by atoms with E-state index >= 15 is 0 Å². The van der Waals surface area contributed by atoms with E-state index in [4.69, 9.17) is 9.72 Å². The van der Waals surface area contributed by atoms with Crippen LogP contribution >= 0.6 is 0 Å². The molecular formula is C25H28N4O. The third-order valence-electron chi connectivity index (χ3n) is 6.28. The van der Waals surface area contributed by atoms with Crippen LogP contribution in [0.3, 0.4) is 0 Å². The van der Waals surface area contributed by atoms with Crippen LogP contribution < -0.4 is 4.90 Å². The highest BCUT2D eigenvalue weighted by atomic mass is 16.5. The smallest absolute Gasteiger partial charge is 0.157 e. The van der Waals surface area contributed by atoms with Crippen LogP contribution in [0.4, 0.5) is 5.82 Å². The summed E-state index contributed by atoms with van der Waals surface area (Å²) >= 11 is 0. The quantitative estimate of drug-likeness (QED) is 0.482. The molecule has 1 N–H and O–H groups in total. The molecule has 5 heteroatoms. The molecule has 0 bridgehead atoms. The molecule has 1 fully saturated rings. The lowest BCUT2D eigenvalue weighted by Gasteiger charge is -2.44. The minimum Gasteiger partial charge on any atom is -0.375 e. The van der Waals surface area contributed by atoms with Crippen molar-refractivity contribution in [1.29, 1.82) is 0 Å². The van der Waals surface area contributed by atoms with Gasteiger partial charge >= 0.3 is 0 Å². The van der Waals surface area contributed by atoms with E-state index in [1.807, 2.05) is 0 Å². The fourth-order valence-corrected chi connectivity index (χ4v) is 4.83. The van der Waals surface area contributed by atoms with E-state index in [2.05, 4.69) is 90.2 Å². The zero-order valence-electron chi connectivity index (χ0n) is 17.8. The van der Waals surface area contributed by atoms with Gasteiger partial charge < -0.3 is 14.6 Å². The molecule has 4 aromatic rings. The first kappa shape index (κ1) is 19.1. The lowest BCUT2D eigenvalue weighted by atomic mass is 9.91. The number of anilines is 1. The second-order valence-electron chi connectivity index (χ2n) is 8.84. The van der Waals surface area contributed by atoms with Gasteiger partial charge in [0.25, 0.3) is 0 Å². The Kier molecular flexibility index (Phi) is 4.70. The van der Waals surface area contributed by atoms with Gasteiger partial charge in [0.05, 0.1) is 11.6 Å². The molecule has 0 amide bonds. The number of nitrogens with one attached hydrogen (secondary N) is 1. The monoisotopic (exact) mass is 400 g/mol. The fraction of sp³-hybridized carbons (Fsp3) is 0.360. The number of aromatic nitrogens is 3. The molecule has 5 nitrogen and oxygen atoms in total. The van der Waals surface area contributed by atoms with E-state index < -0.39 is 0 Å². The van der Waals surface area contributed by atoms with Crippen molar-refractivity contribution < 1.29 is 4.74 Å². The van der Waals surface area contributed by atoms with Gasteiger partial charge in [0.1, 0.15) is 17.4 Å². The molecular weight excluding hydrogens is 372 g/mol. The number of H-pyrrole nitrogens is 1. The number of rotatable bonds is 4. The van der Waals surface area contributed by atoms with Crippen molar-refractivity contribution >= 4 is 27.8 Å². The molecule has 3 heterocycles. The average Bonchev–Trinajstić information content (AvgIpc) is 3.13. The van der Waals surface area contributed by atoms with Crippen molar-refractivity contribution in [2.24, 2.45) is 0 Å². The summed E-state index contributed by atoms with van der Waals surface area (Å²) < 4.78 is 6.04. The lowest BCUT2D eigenvalue weighted by Crippen LogP contribution is -2.47. The zero-order chi connectivity index (χ0) is 20.7. The first-order valence-electron chi connectivity index (χ1n) is 10.7. The highest BCUT2D eigenvalue weighted by molar-refractivity contribution is 6.08. The van der Waals surface area contributed by atoms with Crippen LogP contribution in [0.25, 0.3) is 21.9 Å². The zero-order valence-corrected chi connectivity index (χ0v) is 17.8. The number of hydrogen-bond donors (Lipinski definition) is 1. The van der Waals surface area contributed by atoms with E-state index in [-0.39, 0.29) is 11.6 Å². The Hall–Kier alpha value is -2.92. The summed E-state index contributed by atoms with van der Waals surface area (Å²) in [5.74, 6) is 0.968. The Bertz CT molecular complexity index is 1170. The molecule has 30 heavy (non-hydrogen) atoms. The van der Waals surface area contributed by atoms with Crippen LogP contribution in [0.15, 0.2) is 60.9 Å². The van der Waals surface area contributed by atoms with Crippen molar-refractivity contribution in [2.45, 2.75) is 51.3 Å². The van der Waals surface area contributed by atoms with Crippen LogP contribution in [-0.2, 0) is 4.74 Å². The fourth-order valence-electron chi connectivity index (χ4n) is 4.83. The molecule has 2 aromatic heterocycles. The molecule has 2 aromatic carbocycles. The SMILES string of the molecule is CC(c1ccccc1)N(c1ncnc2c1[nH]c1ccccc12)C1CCOC(C)(C)C1. The van der Waals surface area contributed by atoms with Gasteiger partial charge in [0.15, 0.2) is 5.82 Å². The largest absolute Gasteiger partial charge is 0.375 e. The van der Waals surface area contributed by atoms with Gasteiger partial charge in [-0.15, -0.1) is 0 Å². The summed E-state index contributed by atoms with van der Waals surface area (Å²) in [6.07, 6.45) is 3.63. The van der Waals surface area contributed by atoms with Crippen molar-refractivity contribution in [3.63, 3.8) is 0 Å². The van der Waals surface area contributed by atoms with Crippen LogP contribution in [0.2, 0.25) is 0 Å². The number of hydrogen-bond acceptors (Lipinski definition) is 4. The molecule has 1 saturated heterocycles. The van der Waals surface area contributed by atoms with Crippen LogP contribution in [0.5, 0.6) is 0 Å². The minimum absolute atomic E-state index is 0.149. The van der Waals surface area contributed by atoms with E-state index in [1.165, 1.54) is 5.56 Å². The molecule has 1 aliphatic rings. The van der Waals surface area contributed by atoms with E-state index in [0.717, 1.165) is 47.2 Å². The van der Waals surface area contributed by atoms with Gasteiger partial charge in [-0.2, -0.15) is 0 Å². The minimum atomic E-state index is -0.149. The first-order valence-corrected chi connectivity index (χ1v) is 10.7. The van der Waals surface area contributed by atoms with E-state index in [1.54, 1.807) is 6.33 Å². The Morgan fingerprint density at radius 1 is 1.07 bits per heavy atom. The lowest BCUT2D eigenvalue weighted by molar-refractivity contribution is -0.0597. The van der Waals surface area contributed by atoms with Crippen LogP contribution in [0.1, 0.15) is 45.2 Å². The maximum absolute atomic E-state index is 6.04. The Morgan fingerprint density at radius 2 is 1.83 bits per heavy atom. The van der Waals surface area contributed by atoms with Crippen molar-refractivity contribution in [3.05, 3.63) is 66.5 Å². The average molecular weight is 401 g/mol. The molecule has 2 atom stereocenters. The van der Waals surface area contributed by atoms with Gasteiger partial charge in [-0.1, -0.05) is 48.5 Å². The number of fused-ring (bicyclic) bond motifs is 3. The number of para-hydroxylation sites is 1. The second kappa shape index (κ2) is 7.40. The maximum atomic E-state index is 6.04. The summed E-state index contributed by atoms with van der Waals surface area (Å²) in [6.45, 7) is 7.40. The molecule has 0 aliphatic carbocycles. The normalized spacial score (nSPS) is 19.8. The number of nitrogens with zero attached hydrogens (tertiary/aromatic N) is 3. The highest BCUT2D eigenvalue weighted by Crippen LogP contribution is 2.39. The first-order chi connectivity index (χ1) is 14.5. The van der Waals surface area contributed by atoms with Crippen LogP contribution in [0, 0.1) is 0 Å². The van der Waals surface area contributed by atoms with Gasteiger partial charge in [0, 0.05) is 23.6 Å². The molecule has 1 aliphatic heterocycles. The van der Waals surface area contributed by atoms with Crippen LogP contribution in [-0.4, -0.2) is 33.2 Å². The summed E-state index contributed by atoms with van der Waals surface area (Å²) in [7, 11) is 0. The van der Waals surface area contributed by atoms with Crippen molar-refractivity contribution in [1.82, 2.24) is 15.0 Å². The molecule has 0 radical (unpaired) electrons. The molecule has 0 spiro atoms. The Balaban J connectivity index is 1.68. The molecule has 0 saturated carbocycles. The van der Waals surface area contributed by atoms with E-state index in [0.29, 0.717) is 6.04 Å².